The average Bonchev–Trinajstić information content (AvgIpc) is 2.86. The molecule has 2 unspecified atom stereocenters. The SMILES string of the molecule is OCCCCC(O)OC(O)CCCCO.Oc1ccc(C2(c3ccc(O)cc3)CCCCC2)cc1. The van der Waals surface area contributed by atoms with Crippen molar-refractivity contribution >= 4 is 0 Å². The minimum atomic E-state index is -0.972. The third kappa shape index (κ3) is 9.78. The Morgan fingerprint density at radius 3 is 1.40 bits per heavy atom. The van der Waals surface area contributed by atoms with E-state index >= 15 is 0 Å². The van der Waals surface area contributed by atoms with Gasteiger partial charge in [0.15, 0.2) is 12.6 Å². The second-order valence-electron chi connectivity index (χ2n) is 9.22. The fourth-order valence-corrected chi connectivity index (χ4v) is 4.64. The Morgan fingerprint density at radius 1 is 0.629 bits per heavy atom. The number of benzene rings is 2. The van der Waals surface area contributed by atoms with E-state index in [0.29, 0.717) is 50.0 Å². The fourth-order valence-electron chi connectivity index (χ4n) is 4.64. The van der Waals surface area contributed by atoms with Gasteiger partial charge in [0.1, 0.15) is 11.5 Å². The van der Waals surface area contributed by atoms with Crippen molar-refractivity contribution in [2.75, 3.05) is 13.2 Å². The van der Waals surface area contributed by atoms with Crippen molar-refractivity contribution < 1.29 is 35.4 Å². The topological polar surface area (TPSA) is 131 Å². The van der Waals surface area contributed by atoms with Gasteiger partial charge in [-0.25, -0.2) is 0 Å². The molecule has 1 aliphatic carbocycles. The number of phenols is 2. The van der Waals surface area contributed by atoms with Crippen LogP contribution in [-0.4, -0.2) is 56.4 Å². The van der Waals surface area contributed by atoms with Crippen LogP contribution in [0.25, 0.3) is 0 Å². The first kappa shape index (κ1) is 29.1. The lowest BCUT2D eigenvalue weighted by atomic mass is 9.65. The molecule has 2 atom stereocenters. The summed E-state index contributed by atoms with van der Waals surface area (Å²) in [6.07, 6.45) is 7.47. The number of unbranched alkanes of at least 4 members (excludes halogenated alkanes) is 2. The number of phenolic OH excluding ortho intramolecular Hbond substituents is 2. The smallest absolute Gasteiger partial charge is 0.157 e. The van der Waals surface area contributed by atoms with E-state index in [2.05, 4.69) is 0 Å². The van der Waals surface area contributed by atoms with Gasteiger partial charge in [-0.1, -0.05) is 43.5 Å². The fraction of sp³-hybridized carbons (Fsp3) is 0.571. The summed E-state index contributed by atoms with van der Waals surface area (Å²) in [6, 6.07) is 15.2. The maximum absolute atomic E-state index is 9.51. The Bertz CT molecular complexity index is 740. The summed E-state index contributed by atoms with van der Waals surface area (Å²) in [4.78, 5) is 0. The normalized spacial score (nSPS) is 16.7. The molecule has 1 aliphatic rings. The summed E-state index contributed by atoms with van der Waals surface area (Å²) in [5.74, 6) is 0.621. The Hall–Kier alpha value is -2.16. The summed E-state index contributed by atoms with van der Waals surface area (Å²) in [5.41, 5.74) is 2.56. The number of rotatable bonds is 12. The lowest BCUT2D eigenvalue weighted by molar-refractivity contribution is -0.212. The minimum absolute atomic E-state index is 0.0274. The van der Waals surface area contributed by atoms with Gasteiger partial charge in [0.25, 0.3) is 0 Å². The van der Waals surface area contributed by atoms with Crippen LogP contribution in [0.15, 0.2) is 48.5 Å². The van der Waals surface area contributed by atoms with E-state index in [1.165, 1.54) is 30.4 Å². The zero-order valence-electron chi connectivity index (χ0n) is 20.6. The molecule has 6 N–H and O–H groups in total. The van der Waals surface area contributed by atoms with Gasteiger partial charge >= 0.3 is 0 Å². The third-order valence-corrected chi connectivity index (χ3v) is 6.58. The summed E-state index contributed by atoms with van der Waals surface area (Å²) in [6.45, 7) is 0.206. The van der Waals surface area contributed by atoms with E-state index in [4.69, 9.17) is 14.9 Å². The van der Waals surface area contributed by atoms with Gasteiger partial charge in [0, 0.05) is 18.6 Å². The van der Waals surface area contributed by atoms with Gasteiger partial charge in [0.05, 0.1) is 0 Å². The van der Waals surface area contributed by atoms with Gasteiger partial charge in [-0.15, -0.1) is 0 Å². The van der Waals surface area contributed by atoms with Crippen LogP contribution in [0.1, 0.15) is 81.8 Å². The van der Waals surface area contributed by atoms with Crippen LogP contribution in [0, 0.1) is 0 Å². The summed E-state index contributed by atoms with van der Waals surface area (Å²) < 4.78 is 4.89. The maximum Gasteiger partial charge on any atom is 0.157 e. The Labute approximate surface area is 208 Å². The molecule has 35 heavy (non-hydrogen) atoms. The second-order valence-corrected chi connectivity index (χ2v) is 9.22. The van der Waals surface area contributed by atoms with Gasteiger partial charge in [-0.2, -0.15) is 0 Å². The molecule has 0 aliphatic heterocycles. The summed E-state index contributed by atoms with van der Waals surface area (Å²) >= 11 is 0. The average molecular weight is 491 g/mol. The second kappa shape index (κ2) is 15.8. The lowest BCUT2D eigenvalue weighted by Gasteiger charge is -2.38. The van der Waals surface area contributed by atoms with Crippen molar-refractivity contribution in [3.05, 3.63) is 59.7 Å². The first-order valence-corrected chi connectivity index (χ1v) is 12.7. The van der Waals surface area contributed by atoms with Crippen LogP contribution in [0.2, 0.25) is 0 Å². The highest BCUT2D eigenvalue weighted by atomic mass is 16.7. The van der Waals surface area contributed by atoms with E-state index < -0.39 is 12.6 Å². The molecular formula is C28H42O7. The number of hydrogen-bond donors (Lipinski definition) is 6. The Balaban J connectivity index is 0.000000260. The molecule has 1 fully saturated rings. The van der Waals surface area contributed by atoms with Crippen LogP contribution in [0.4, 0.5) is 0 Å². The zero-order valence-corrected chi connectivity index (χ0v) is 20.6. The van der Waals surface area contributed by atoms with Crippen molar-refractivity contribution in [2.24, 2.45) is 0 Å². The molecular weight excluding hydrogens is 448 g/mol. The standard InChI is InChI=1S/C18H20O2.C10H22O5/c19-16-8-4-14(5-9-16)18(12-2-1-3-13-18)15-6-10-17(20)11-7-15;11-7-3-1-5-9(13)15-10(14)6-2-4-8-12/h4-11,19-20H,1-3,12-13H2;9-14H,1-8H2. The van der Waals surface area contributed by atoms with E-state index in [1.54, 1.807) is 24.3 Å². The maximum atomic E-state index is 9.51. The monoisotopic (exact) mass is 490 g/mol. The molecule has 0 radical (unpaired) electrons. The molecule has 0 heterocycles. The van der Waals surface area contributed by atoms with E-state index in [-0.39, 0.29) is 18.6 Å². The van der Waals surface area contributed by atoms with Crippen molar-refractivity contribution in [2.45, 2.75) is 88.6 Å². The highest BCUT2D eigenvalue weighted by Gasteiger charge is 2.35. The Morgan fingerprint density at radius 2 is 1.03 bits per heavy atom. The molecule has 7 heteroatoms. The molecule has 3 rings (SSSR count). The van der Waals surface area contributed by atoms with Crippen LogP contribution in [0.5, 0.6) is 11.5 Å². The van der Waals surface area contributed by atoms with Crippen molar-refractivity contribution in [3.8, 4) is 11.5 Å². The molecule has 7 nitrogen and oxygen atoms in total. The number of aromatic hydroxyl groups is 2. The highest BCUT2D eigenvalue weighted by molar-refractivity contribution is 5.43. The van der Waals surface area contributed by atoms with Gasteiger partial charge < -0.3 is 35.4 Å². The molecule has 0 amide bonds. The molecule has 1 saturated carbocycles. The lowest BCUT2D eigenvalue weighted by Crippen LogP contribution is -2.30. The predicted octanol–water partition coefficient (Wildman–Crippen LogP) is 4.31. The third-order valence-electron chi connectivity index (χ3n) is 6.58. The highest BCUT2D eigenvalue weighted by Crippen LogP contribution is 2.45. The predicted molar refractivity (Wildman–Crippen MR) is 135 cm³/mol. The van der Waals surface area contributed by atoms with Gasteiger partial charge in [-0.05, 0) is 86.8 Å². The molecule has 2 aromatic carbocycles. The molecule has 196 valence electrons. The number of hydrogen-bond acceptors (Lipinski definition) is 7. The zero-order chi connectivity index (χ0) is 25.5. The minimum Gasteiger partial charge on any atom is -0.508 e. The van der Waals surface area contributed by atoms with Crippen LogP contribution in [0.3, 0.4) is 0 Å². The molecule has 0 bridgehead atoms. The quantitative estimate of drug-likeness (QED) is 0.193. The number of ether oxygens (including phenoxy) is 1. The van der Waals surface area contributed by atoms with E-state index in [9.17, 15) is 20.4 Å². The molecule has 2 aromatic rings. The van der Waals surface area contributed by atoms with Crippen LogP contribution in [-0.2, 0) is 10.2 Å². The number of aliphatic hydroxyl groups excluding tert-OH is 4. The van der Waals surface area contributed by atoms with E-state index in [0.717, 1.165) is 12.8 Å². The first-order valence-electron chi connectivity index (χ1n) is 12.7. The van der Waals surface area contributed by atoms with Gasteiger partial charge in [-0.3, -0.25) is 0 Å². The number of aliphatic hydroxyl groups is 4. The Kier molecular flexibility index (Phi) is 13.1. The van der Waals surface area contributed by atoms with Crippen LogP contribution < -0.4 is 0 Å². The molecule has 0 spiro atoms. The van der Waals surface area contributed by atoms with Crippen molar-refractivity contribution in [3.63, 3.8) is 0 Å². The van der Waals surface area contributed by atoms with Crippen molar-refractivity contribution in [1.82, 2.24) is 0 Å². The summed E-state index contributed by atoms with van der Waals surface area (Å²) in [7, 11) is 0. The molecule has 0 saturated heterocycles. The summed E-state index contributed by atoms with van der Waals surface area (Å²) in [5, 5.41) is 54.6. The largest absolute Gasteiger partial charge is 0.508 e. The first-order chi connectivity index (χ1) is 16.9. The molecule has 0 aromatic heterocycles. The van der Waals surface area contributed by atoms with E-state index in [1.807, 2.05) is 24.3 Å². The van der Waals surface area contributed by atoms with Gasteiger partial charge in [0.2, 0.25) is 0 Å². The van der Waals surface area contributed by atoms with Crippen molar-refractivity contribution in [1.29, 1.82) is 0 Å². The van der Waals surface area contributed by atoms with Crippen LogP contribution >= 0.6 is 0 Å².